The minimum absolute atomic E-state index is 0.0479. The SMILES string of the molecule is CC(=O)N1CCN(C(=O)c2cc(NCCN3CCOCC3)nc(C)n2)CC1. The maximum absolute atomic E-state index is 12.8. The minimum Gasteiger partial charge on any atom is -0.379 e. The second-order valence-electron chi connectivity index (χ2n) is 6.86. The van der Waals surface area contributed by atoms with E-state index in [4.69, 9.17) is 4.74 Å². The van der Waals surface area contributed by atoms with Crippen LogP contribution in [0, 0.1) is 6.92 Å². The number of aryl methyl sites for hydroxylation is 1. The number of rotatable bonds is 5. The lowest BCUT2D eigenvalue weighted by Crippen LogP contribution is -2.50. The van der Waals surface area contributed by atoms with Crippen LogP contribution in [0.25, 0.3) is 0 Å². The molecule has 0 atom stereocenters. The number of carbonyl (C=O) groups is 2. The third-order valence-corrected chi connectivity index (χ3v) is 4.91. The highest BCUT2D eigenvalue weighted by Crippen LogP contribution is 2.12. The van der Waals surface area contributed by atoms with Crippen molar-refractivity contribution in [2.45, 2.75) is 13.8 Å². The van der Waals surface area contributed by atoms with Gasteiger partial charge in [-0.1, -0.05) is 0 Å². The summed E-state index contributed by atoms with van der Waals surface area (Å²) in [5.74, 6) is 1.17. The Labute approximate surface area is 159 Å². The number of hydrogen-bond donors (Lipinski definition) is 1. The van der Waals surface area contributed by atoms with Crippen LogP contribution in [-0.4, -0.2) is 102 Å². The Balaban J connectivity index is 1.56. The number of nitrogens with one attached hydrogen (secondary N) is 1. The molecule has 2 saturated heterocycles. The topological polar surface area (TPSA) is 90.9 Å². The Morgan fingerprint density at radius 3 is 2.41 bits per heavy atom. The molecule has 27 heavy (non-hydrogen) atoms. The molecule has 0 aromatic carbocycles. The lowest BCUT2D eigenvalue weighted by molar-refractivity contribution is -0.130. The molecular weight excluding hydrogens is 348 g/mol. The summed E-state index contributed by atoms with van der Waals surface area (Å²) in [6.45, 7) is 10.6. The molecular formula is C18H28N6O3. The monoisotopic (exact) mass is 376 g/mol. The highest BCUT2D eigenvalue weighted by molar-refractivity contribution is 5.93. The molecule has 0 radical (unpaired) electrons. The van der Waals surface area contributed by atoms with E-state index in [0.717, 1.165) is 39.4 Å². The first-order chi connectivity index (χ1) is 13.0. The summed E-state index contributed by atoms with van der Waals surface area (Å²) in [5, 5.41) is 3.30. The first-order valence-corrected chi connectivity index (χ1v) is 9.47. The fourth-order valence-corrected chi connectivity index (χ4v) is 3.32. The summed E-state index contributed by atoms with van der Waals surface area (Å²) in [4.78, 5) is 38.8. The van der Waals surface area contributed by atoms with Crippen molar-refractivity contribution in [2.24, 2.45) is 0 Å². The van der Waals surface area contributed by atoms with Gasteiger partial charge < -0.3 is 19.9 Å². The Hall–Kier alpha value is -2.26. The van der Waals surface area contributed by atoms with E-state index in [1.54, 1.807) is 29.7 Å². The third-order valence-electron chi connectivity index (χ3n) is 4.91. The number of ether oxygens (including phenoxy) is 1. The molecule has 0 bridgehead atoms. The van der Waals surface area contributed by atoms with Crippen LogP contribution in [0.2, 0.25) is 0 Å². The Kier molecular flexibility index (Phi) is 6.57. The van der Waals surface area contributed by atoms with Crippen LogP contribution in [0.3, 0.4) is 0 Å². The number of anilines is 1. The molecule has 2 amide bonds. The zero-order valence-electron chi connectivity index (χ0n) is 16.1. The first kappa shape index (κ1) is 19.5. The van der Waals surface area contributed by atoms with E-state index < -0.39 is 0 Å². The van der Waals surface area contributed by atoms with Gasteiger partial charge in [0.1, 0.15) is 17.3 Å². The maximum Gasteiger partial charge on any atom is 0.272 e. The Bertz CT molecular complexity index is 669. The highest BCUT2D eigenvalue weighted by atomic mass is 16.5. The molecule has 2 aliphatic rings. The molecule has 0 saturated carbocycles. The number of piperazine rings is 1. The number of hydrogen-bond acceptors (Lipinski definition) is 7. The predicted molar refractivity (Wildman–Crippen MR) is 101 cm³/mol. The van der Waals surface area contributed by atoms with Gasteiger partial charge >= 0.3 is 0 Å². The van der Waals surface area contributed by atoms with E-state index in [1.807, 2.05) is 0 Å². The normalized spacial score (nSPS) is 18.4. The van der Waals surface area contributed by atoms with Crippen molar-refractivity contribution < 1.29 is 14.3 Å². The third kappa shape index (κ3) is 5.36. The molecule has 0 spiro atoms. The van der Waals surface area contributed by atoms with Crippen molar-refractivity contribution in [3.8, 4) is 0 Å². The van der Waals surface area contributed by atoms with Gasteiger partial charge in [0.2, 0.25) is 5.91 Å². The summed E-state index contributed by atoms with van der Waals surface area (Å²) in [6, 6.07) is 1.71. The molecule has 0 unspecified atom stereocenters. The van der Waals surface area contributed by atoms with E-state index in [2.05, 4.69) is 20.2 Å². The largest absolute Gasteiger partial charge is 0.379 e. The quantitative estimate of drug-likeness (QED) is 0.763. The van der Waals surface area contributed by atoms with Crippen LogP contribution < -0.4 is 5.32 Å². The van der Waals surface area contributed by atoms with Gasteiger partial charge in [0, 0.05) is 65.3 Å². The summed E-state index contributed by atoms with van der Waals surface area (Å²) in [6.07, 6.45) is 0. The van der Waals surface area contributed by atoms with E-state index in [0.29, 0.717) is 43.5 Å². The fourth-order valence-electron chi connectivity index (χ4n) is 3.32. The molecule has 1 aromatic heterocycles. The van der Waals surface area contributed by atoms with Crippen molar-refractivity contribution >= 4 is 17.6 Å². The number of aromatic nitrogens is 2. The van der Waals surface area contributed by atoms with Crippen molar-refractivity contribution in [3.63, 3.8) is 0 Å². The van der Waals surface area contributed by atoms with Gasteiger partial charge in [0.05, 0.1) is 13.2 Å². The van der Waals surface area contributed by atoms with Crippen molar-refractivity contribution in [2.75, 3.05) is 70.9 Å². The second-order valence-corrected chi connectivity index (χ2v) is 6.86. The van der Waals surface area contributed by atoms with Gasteiger partial charge in [0.25, 0.3) is 5.91 Å². The van der Waals surface area contributed by atoms with Gasteiger partial charge in [-0.15, -0.1) is 0 Å². The van der Waals surface area contributed by atoms with Crippen LogP contribution in [-0.2, 0) is 9.53 Å². The Morgan fingerprint density at radius 2 is 1.74 bits per heavy atom. The van der Waals surface area contributed by atoms with Crippen LogP contribution in [0.5, 0.6) is 0 Å². The van der Waals surface area contributed by atoms with Crippen LogP contribution >= 0.6 is 0 Å². The van der Waals surface area contributed by atoms with Crippen molar-refractivity contribution in [1.29, 1.82) is 0 Å². The zero-order chi connectivity index (χ0) is 19.2. The van der Waals surface area contributed by atoms with Crippen LogP contribution in [0.15, 0.2) is 6.07 Å². The zero-order valence-corrected chi connectivity index (χ0v) is 16.1. The van der Waals surface area contributed by atoms with Crippen molar-refractivity contribution in [3.05, 3.63) is 17.6 Å². The summed E-state index contributed by atoms with van der Waals surface area (Å²) < 4.78 is 5.35. The molecule has 148 valence electrons. The fraction of sp³-hybridized carbons (Fsp3) is 0.667. The molecule has 0 aliphatic carbocycles. The maximum atomic E-state index is 12.8. The van der Waals surface area contributed by atoms with E-state index >= 15 is 0 Å². The smallest absolute Gasteiger partial charge is 0.272 e. The number of morpholine rings is 1. The minimum atomic E-state index is -0.111. The molecule has 1 N–H and O–H groups in total. The highest BCUT2D eigenvalue weighted by Gasteiger charge is 2.24. The molecule has 3 heterocycles. The molecule has 3 rings (SSSR count). The van der Waals surface area contributed by atoms with E-state index in [1.165, 1.54) is 0 Å². The number of amides is 2. The molecule has 9 heteroatoms. The standard InChI is InChI=1S/C18H28N6O3/c1-14-20-16(18(26)24-7-5-23(6-8-24)15(2)25)13-17(21-14)19-3-4-22-9-11-27-12-10-22/h13H,3-12H2,1-2H3,(H,19,20,21). The Morgan fingerprint density at radius 1 is 1.07 bits per heavy atom. The van der Waals surface area contributed by atoms with Crippen LogP contribution in [0.1, 0.15) is 23.2 Å². The van der Waals surface area contributed by atoms with Crippen LogP contribution in [0.4, 0.5) is 5.82 Å². The summed E-state index contributed by atoms with van der Waals surface area (Å²) in [5.41, 5.74) is 0.396. The molecule has 2 aliphatic heterocycles. The average Bonchev–Trinajstić information content (AvgIpc) is 2.68. The lowest BCUT2D eigenvalue weighted by atomic mass is 10.2. The van der Waals surface area contributed by atoms with E-state index in [9.17, 15) is 9.59 Å². The molecule has 2 fully saturated rings. The van der Waals surface area contributed by atoms with Gasteiger partial charge in [-0.2, -0.15) is 0 Å². The predicted octanol–water partition coefficient (Wildman–Crippen LogP) is -0.167. The van der Waals surface area contributed by atoms with Crippen molar-refractivity contribution in [1.82, 2.24) is 24.7 Å². The van der Waals surface area contributed by atoms with Gasteiger partial charge in [-0.25, -0.2) is 9.97 Å². The number of carbonyl (C=O) groups excluding carboxylic acids is 2. The average molecular weight is 376 g/mol. The summed E-state index contributed by atoms with van der Waals surface area (Å²) in [7, 11) is 0. The van der Waals surface area contributed by atoms with Gasteiger partial charge in [-0.05, 0) is 6.92 Å². The second kappa shape index (κ2) is 9.09. The number of nitrogens with zero attached hydrogens (tertiary/aromatic N) is 5. The molecule has 9 nitrogen and oxygen atoms in total. The lowest BCUT2D eigenvalue weighted by Gasteiger charge is -2.34. The molecule has 1 aromatic rings. The first-order valence-electron chi connectivity index (χ1n) is 9.47. The van der Waals surface area contributed by atoms with E-state index in [-0.39, 0.29) is 11.8 Å². The van der Waals surface area contributed by atoms with Gasteiger partial charge in [0.15, 0.2) is 0 Å². The van der Waals surface area contributed by atoms with Gasteiger partial charge in [-0.3, -0.25) is 14.5 Å². The summed E-state index contributed by atoms with van der Waals surface area (Å²) >= 11 is 0.